The van der Waals surface area contributed by atoms with Crippen LogP contribution in [0.5, 0.6) is 0 Å². The second-order valence-corrected chi connectivity index (χ2v) is 5.84. The highest BCUT2D eigenvalue weighted by Crippen LogP contribution is 2.22. The zero-order chi connectivity index (χ0) is 12.3. The summed E-state index contributed by atoms with van der Waals surface area (Å²) >= 11 is 0. The molecule has 1 aliphatic rings. The molecule has 102 valence electrons. The summed E-state index contributed by atoms with van der Waals surface area (Å²) in [6, 6.07) is 0. The first-order valence-electron chi connectivity index (χ1n) is 8.09. The van der Waals surface area contributed by atoms with E-state index >= 15 is 0 Å². The van der Waals surface area contributed by atoms with E-state index in [0.717, 1.165) is 5.92 Å². The van der Waals surface area contributed by atoms with Crippen molar-refractivity contribution in [2.24, 2.45) is 5.92 Å². The smallest absolute Gasteiger partial charge is 0.00161 e. The third-order valence-electron chi connectivity index (χ3n) is 4.25. The first-order chi connectivity index (χ1) is 8.36. The lowest BCUT2D eigenvalue weighted by Crippen LogP contribution is -2.34. The largest absolute Gasteiger partial charge is 0.303 e. The predicted octanol–water partition coefficient (Wildman–Crippen LogP) is 4.86. The number of rotatable bonds is 9. The average molecular weight is 239 g/mol. The van der Waals surface area contributed by atoms with Crippen LogP contribution in [0, 0.1) is 5.92 Å². The standard InChI is InChI=1S/C16H33N/c1-3-5-7-8-9-13-17-14-11-16(12-15-17)10-6-4-2/h16H,3-15H2,1-2H3. The molecule has 0 amide bonds. The van der Waals surface area contributed by atoms with Crippen molar-refractivity contribution in [3.8, 4) is 0 Å². The van der Waals surface area contributed by atoms with Crippen LogP contribution in [0.4, 0.5) is 0 Å². The molecule has 0 aromatic heterocycles. The number of hydrogen-bond acceptors (Lipinski definition) is 1. The van der Waals surface area contributed by atoms with E-state index < -0.39 is 0 Å². The molecular formula is C16H33N. The van der Waals surface area contributed by atoms with E-state index in [2.05, 4.69) is 18.7 Å². The maximum absolute atomic E-state index is 2.70. The molecule has 1 heterocycles. The van der Waals surface area contributed by atoms with Crippen molar-refractivity contribution in [2.75, 3.05) is 19.6 Å². The minimum Gasteiger partial charge on any atom is -0.303 e. The molecule has 0 N–H and O–H groups in total. The van der Waals surface area contributed by atoms with Crippen LogP contribution in [0.25, 0.3) is 0 Å². The van der Waals surface area contributed by atoms with E-state index in [-0.39, 0.29) is 0 Å². The number of hydrogen-bond donors (Lipinski definition) is 0. The van der Waals surface area contributed by atoms with E-state index in [1.54, 1.807) is 0 Å². The predicted molar refractivity (Wildman–Crippen MR) is 77.4 cm³/mol. The topological polar surface area (TPSA) is 3.24 Å². The molecule has 0 spiro atoms. The number of likely N-dealkylation sites (tertiary alicyclic amines) is 1. The Balaban J connectivity index is 1.95. The lowest BCUT2D eigenvalue weighted by Gasteiger charge is -2.32. The van der Waals surface area contributed by atoms with Gasteiger partial charge in [-0.2, -0.15) is 0 Å². The van der Waals surface area contributed by atoms with Gasteiger partial charge in [-0.25, -0.2) is 0 Å². The van der Waals surface area contributed by atoms with Crippen LogP contribution in [-0.2, 0) is 0 Å². The van der Waals surface area contributed by atoms with Crippen molar-refractivity contribution in [1.82, 2.24) is 4.90 Å². The highest BCUT2D eigenvalue weighted by Gasteiger charge is 2.17. The van der Waals surface area contributed by atoms with Crippen LogP contribution in [0.2, 0.25) is 0 Å². The van der Waals surface area contributed by atoms with Gasteiger partial charge in [0.25, 0.3) is 0 Å². The Bertz CT molecular complexity index is 156. The Labute approximate surface area is 109 Å². The molecule has 17 heavy (non-hydrogen) atoms. The van der Waals surface area contributed by atoms with Gasteiger partial charge in [0.2, 0.25) is 0 Å². The molecular weight excluding hydrogens is 206 g/mol. The number of unbranched alkanes of at least 4 members (excludes halogenated alkanes) is 5. The lowest BCUT2D eigenvalue weighted by molar-refractivity contribution is 0.174. The zero-order valence-corrected chi connectivity index (χ0v) is 12.2. The first kappa shape index (κ1) is 15.0. The van der Waals surface area contributed by atoms with Gasteiger partial charge in [0.1, 0.15) is 0 Å². The van der Waals surface area contributed by atoms with Crippen molar-refractivity contribution in [3.05, 3.63) is 0 Å². The molecule has 0 unspecified atom stereocenters. The van der Waals surface area contributed by atoms with E-state index in [4.69, 9.17) is 0 Å². The van der Waals surface area contributed by atoms with Gasteiger partial charge >= 0.3 is 0 Å². The van der Waals surface area contributed by atoms with E-state index in [9.17, 15) is 0 Å². The summed E-state index contributed by atoms with van der Waals surface area (Å²) in [5, 5.41) is 0. The minimum atomic E-state index is 1.05. The summed E-state index contributed by atoms with van der Waals surface area (Å²) in [4.78, 5) is 2.70. The van der Waals surface area contributed by atoms with Crippen LogP contribution in [0.1, 0.15) is 78.1 Å². The maximum atomic E-state index is 2.70. The Morgan fingerprint density at radius 3 is 2.12 bits per heavy atom. The quantitative estimate of drug-likeness (QED) is 0.519. The molecule has 1 saturated heterocycles. The molecule has 0 bridgehead atoms. The monoisotopic (exact) mass is 239 g/mol. The van der Waals surface area contributed by atoms with Gasteiger partial charge in [-0.3, -0.25) is 0 Å². The summed E-state index contributed by atoms with van der Waals surface area (Å²) in [5.74, 6) is 1.05. The SMILES string of the molecule is CCCCCCCN1CCC(CCCC)CC1. The van der Waals surface area contributed by atoms with E-state index in [0.29, 0.717) is 0 Å². The van der Waals surface area contributed by atoms with Crippen LogP contribution in [-0.4, -0.2) is 24.5 Å². The Kier molecular flexibility index (Phi) is 8.78. The van der Waals surface area contributed by atoms with Gasteiger partial charge < -0.3 is 4.90 Å². The van der Waals surface area contributed by atoms with Crippen molar-refractivity contribution < 1.29 is 0 Å². The first-order valence-corrected chi connectivity index (χ1v) is 8.09. The third-order valence-corrected chi connectivity index (χ3v) is 4.25. The van der Waals surface area contributed by atoms with E-state index in [1.165, 1.54) is 83.8 Å². The lowest BCUT2D eigenvalue weighted by atomic mass is 9.91. The van der Waals surface area contributed by atoms with Crippen molar-refractivity contribution in [3.63, 3.8) is 0 Å². The zero-order valence-electron chi connectivity index (χ0n) is 12.2. The third kappa shape index (κ3) is 7.08. The molecule has 0 radical (unpaired) electrons. The fourth-order valence-corrected chi connectivity index (χ4v) is 2.93. The molecule has 1 fully saturated rings. The fraction of sp³-hybridized carbons (Fsp3) is 1.00. The minimum absolute atomic E-state index is 1.05. The van der Waals surface area contributed by atoms with Gasteiger partial charge in [-0.1, -0.05) is 58.8 Å². The molecule has 0 aromatic rings. The van der Waals surface area contributed by atoms with Crippen LogP contribution in [0.15, 0.2) is 0 Å². The molecule has 0 aromatic carbocycles. The summed E-state index contributed by atoms with van der Waals surface area (Å²) in [6.45, 7) is 8.72. The Morgan fingerprint density at radius 1 is 0.824 bits per heavy atom. The van der Waals surface area contributed by atoms with E-state index in [1.807, 2.05) is 0 Å². The number of nitrogens with zero attached hydrogens (tertiary/aromatic N) is 1. The summed E-state index contributed by atoms with van der Waals surface area (Å²) in [7, 11) is 0. The molecule has 0 saturated carbocycles. The van der Waals surface area contributed by atoms with Crippen molar-refractivity contribution in [1.29, 1.82) is 0 Å². The summed E-state index contributed by atoms with van der Waals surface area (Å²) in [5.41, 5.74) is 0. The molecule has 1 rings (SSSR count). The van der Waals surface area contributed by atoms with Crippen molar-refractivity contribution in [2.45, 2.75) is 78.1 Å². The summed E-state index contributed by atoms with van der Waals surface area (Å²) in [6.07, 6.45) is 14.4. The summed E-state index contributed by atoms with van der Waals surface area (Å²) < 4.78 is 0. The van der Waals surface area contributed by atoms with Gasteiger partial charge in [-0.15, -0.1) is 0 Å². The van der Waals surface area contributed by atoms with Crippen LogP contribution >= 0.6 is 0 Å². The van der Waals surface area contributed by atoms with Crippen LogP contribution < -0.4 is 0 Å². The normalized spacial score (nSPS) is 18.7. The molecule has 0 atom stereocenters. The Hall–Kier alpha value is -0.0400. The van der Waals surface area contributed by atoms with Gasteiger partial charge in [0.05, 0.1) is 0 Å². The Morgan fingerprint density at radius 2 is 1.47 bits per heavy atom. The second-order valence-electron chi connectivity index (χ2n) is 5.84. The van der Waals surface area contributed by atoms with Gasteiger partial charge in [-0.05, 0) is 44.8 Å². The maximum Gasteiger partial charge on any atom is -0.00161 e. The molecule has 0 aliphatic carbocycles. The molecule has 1 heteroatoms. The molecule has 1 aliphatic heterocycles. The highest BCUT2D eigenvalue weighted by molar-refractivity contribution is 4.72. The second kappa shape index (κ2) is 9.94. The fourth-order valence-electron chi connectivity index (χ4n) is 2.93. The van der Waals surface area contributed by atoms with Gasteiger partial charge in [0.15, 0.2) is 0 Å². The highest BCUT2D eigenvalue weighted by atomic mass is 15.1. The molecule has 1 nitrogen and oxygen atoms in total. The average Bonchev–Trinajstić information content (AvgIpc) is 2.37. The van der Waals surface area contributed by atoms with Crippen LogP contribution in [0.3, 0.4) is 0 Å². The van der Waals surface area contributed by atoms with Gasteiger partial charge in [0, 0.05) is 0 Å². The van der Waals surface area contributed by atoms with Crippen molar-refractivity contribution >= 4 is 0 Å². The number of piperidine rings is 1.